The highest BCUT2D eigenvalue weighted by molar-refractivity contribution is 6.43. The van der Waals surface area contributed by atoms with Gasteiger partial charge in [-0.15, -0.1) is 0 Å². The molecule has 2 aromatic carbocycles. The number of carbonyl (C=O) groups excluding carboxylic acids is 1. The van der Waals surface area contributed by atoms with E-state index in [-0.39, 0.29) is 53.0 Å². The van der Waals surface area contributed by atoms with Crippen molar-refractivity contribution in [1.82, 2.24) is 24.9 Å². The lowest BCUT2D eigenvalue weighted by Gasteiger charge is -2.39. The van der Waals surface area contributed by atoms with Gasteiger partial charge in [-0.2, -0.15) is 5.26 Å². The summed E-state index contributed by atoms with van der Waals surface area (Å²) in [6, 6.07) is 13.7. The molecule has 51 heavy (non-hydrogen) atoms. The van der Waals surface area contributed by atoms with Gasteiger partial charge in [0, 0.05) is 77.2 Å². The van der Waals surface area contributed by atoms with Gasteiger partial charge < -0.3 is 24.0 Å². The van der Waals surface area contributed by atoms with Gasteiger partial charge in [-0.3, -0.25) is 4.79 Å². The molecular weight excluding hydrogens is 690 g/mol. The van der Waals surface area contributed by atoms with Crippen LogP contribution in [0, 0.1) is 42.8 Å². The van der Waals surface area contributed by atoms with E-state index in [2.05, 4.69) is 27.2 Å². The summed E-state index contributed by atoms with van der Waals surface area (Å²) in [5, 5.41) is 19.6. The molecule has 0 radical (unpaired) electrons. The number of nitrogens with one attached hydrogen (secondary N) is 1. The van der Waals surface area contributed by atoms with Crippen LogP contribution in [0.2, 0.25) is 10.0 Å². The molecule has 0 unspecified atom stereocenters. The predicted octanol–water partition coefficient (Wildman–Crippen LogP) is 8.17. The van der Waals surface area contributed by atoms with Crippen LogP contribution in [0.4, 0.5) is 4.39 Å². The highest BCUT2D eigenvalue weighted by Crippen LogP contribution is 2.51. The number of rotatable bonds is 9. The number of amides is 1. The lowest BCUT2D eigenvalue weighted by atomic mass is 9.79. The molecule has 5 fully saturated rings. The second-order valence-corrected chi connectivity index (χ2v) is 15.4. The Balaban J connectivity index is 1.23. The summed E-state index contributed by atoms with van der Waals surface area (Å²) >= 11 is 13.1. The van der Waals surface area contributed by atoms with Gasteiger partial charge >= 0.3 is 0 Å². The molecule has 12 heteroatoms. The van der Waals surface area contributed by atoms with Crippen LogP contribution in [-0.4, -0.2) is 50.8 Å². The van der Waals surface area contributed by atoms with Crippen molar-refractivity contribution in [3.05, 3.63) is 80.7 Å². The minimum absolute atomic E-state index is 0.0431. The van der Waals surface area contributed by atoms with Crippen molar-refractivity contribution in [3.63, 3.8) is 0 Å². The van der Waals surface area contributed by atoms with Crippen LogP contribution in [0.25, 0.3) is 32.9 Å². The number of halogens is 3. The fourth-order valence-electron chi connectivity index (χ4n) is 8.79. The number of nitriles is 1. The van der Waals surface area contributed by atoms with Gasteiger partial charge in [0.25, 0.3) is 0 Å². The molecule has 5 aromatic rings. The molecule has 9 nitrogen and oxygen atoms in total. The summed E-state index contributed by atoms with van der Waals surface area (Å²) in [6.45, 7) is 5.48. The zero-order valence-corrected chi connectivity index (χ0v) is 29.9. The molecule has 5 aliphatic rings. The van der Waals surface area contributed by atoms with Crippen LogP contribution in [0.5, 0.6) is 0 Å². The number of fused-ring (bicyclic) bond motifs is 4. The van der Waals surface area contributed by atoms with E-state index in [0.29, 0.717) is 64.7 Å². The Morgan fingerprint density at radius 2 is 2.02 bits per heavy atom. The molecule has 2 saturated carbocycles. The molecule has 10 rings (SSSR count). The first-order chi connectivity index (χ1) is 24.7. The Kier molecular flexibility index (Phi) is 8.11. The molecule has 5 atom stereocenters. The Labute approximate surface area is 304 Å². The number of likely N-dealkylation sites (tertiary alicyclic amines) is 1. The number of pyridine rings is 1. The fourth-order valence-corrected chi connectivity index (χ4v) is 9.19. The fraction of sp³-hybridized carbons (Fsp3) is 0.436. The van der Waals surface area contributed by atoms with E-state index in [4.69, 9.17) is 37.4 Å². The standard InChI is InChI=1S/C39H37Cl2FN6O3/c1-19-11-24(46-51-19)18-50-25-14-31(47(17-25)39(49)21-8-9-21)32-15-27-20(2)45-36-28(38(27)48(32)37-23-13-30(37)44-16-23)12-22(5-4-10-43)33(35(36)42)26-6-3-7-29(40)34(26)41/h3,6-7,11-12,15,21,23,25,30-31,37,44H,4-5,8-9,13-14,16-18H2,1-2H3/t23-,25+,30-,31-,37+/m1/s1. The molecular formula is C39H37Cl2FN6O3. The maximum atomic E-state index is 17.2. The smallest absolute Gasteiger partial charge is 0.226 e. The van der Waals surface area contributed by atoms with Gasteiger partial charge in [0.05, 0.1) is 46.4 Å². The summed E-state index contributed by atoms with van der Waals surface area (Å²) in [5.74, 6) is 0.866. The largest absolute Gasteiger partial charge is 0.370 e. The highest BCUT2D eigenvalue weighted by atomic mass is 35.5. The van der Waals surface area contributed by atoms with Gasteiger partial charge in [-0.1, -0.05) is 40.5 Å². The average Bonchev–Trinajstić information content (AvgIpc) is 3.55. The van der Waals surface area contributed by atoms with Crippen molar-refractivity contribution in [3.8, 4) is 17.2 Å². The molecule has 2 aliphatic carbocycles. The van der Waals surface area contributed by atoms with Gasteiger partial charge in [0.1, 0.15) is 17.0 Å². The van der Waals surface area contributed by atoms with Gasteiger partial charge in [0.2, 0.25) is 5.91 Å². The molecule has 6 heterocycles. The topological polar surface area (TPSA) is 109 Å². The van der Waals surface area contributed by atoms with Gasteiger partial charge in [0.15, 0.2) is 5.82 Å². The van der Waals surface area contributed by atoms with E-state index in [1.54, 1.807) is 18.2 Å². The summed E-state index contributed by atoms with van der Waals surface area (Å²) in [5.41, 5.74) is 5.09. The maximum Gasteiger partial charge on any atom is 0.226 e. The van der Waals surface area contributed by atoms with Crippen LogP contribution in [-0.2, 0) is 22.6 Å². The summed E-state index contributed by atoms with van der Waals surface area (Å²) in [4.78, 5) is 20.9. The van der Waals surface area contributed by atoms with Crippen molar-refractivity contribution in [2.75, 3.05) is 13.1 Å². The molecule has 262 valence electrons. The minimum atomic E-state index is -0.485. The number of aryl methyl sites for hydroxylation is 3. The van der Waals surface area contributed by atoms with E-state index in [1.165, 1.54) is 0 Å². The van der Waals surface area contributed by atoms with E-state index in [0.717, 1.165) is 53.9 Å². The highest BCUT2D eigenvalue weighted by Gasteiger charge is 2.51. The van der Waals surface area contributed by atoms with E-state index in [1.807, 2.05) is 30.9 Å². The predicted molar refractivity (Wildman–Crippen MR) is 192 cm³/mol. The first-order valence-electron chi connectivity index (χ1n) is 17.8. The molecule has 3 aromatic heterocycles. The van der Waals surface area contributed by atoms with Gasteiger partial charge in [-0.05, 0) is 69.2 Å². The quantitative estimate of drug-likeness (QED) is 0.163. The molecule has 1 amide bonds. The number of nitrogens with zero attached hydrogens (tertiary/aromatic N) is 5. The van der Waals surface area contributed by atoms with Crippen molar-refractivity contribution >= 4 is 50.9 Å². The van der Waals surface area contributed by atoms with Crippen LogP contribution in [0.1, 0.15) is 72.6 Å². The van der Waals surface area contributed by atoms with Crippen LogP contribution in [0.15, 0.2) is 40.9 Å². The third kappa shape index (κ3) is 5.43. The van der Waals surface area contributed by atoms with E-state index < -0.39 is 5.82 Å². The van der Waals surface area contributed by atoms with Crippen molar-refractivity contribution in [2.24, 2.45) is 11.8 Å². The lowest BCUT2D eigenvalue weighted by molar-refractivity contribution is -0.134. The van der Waals surface area contributed by atoms with Crippen molar-refractivity contribution < 1.29 is 18.4 Å². The second kappa shape index (κ2) is 12.6. The Hall–Kier alpha value is -4.01. The van der Waals surface area contributed by atoms with E-state index in [9.17, 15) is 10.1 Å². The number of aromatic nitrogens is 3. The first-order valence-corrected chi connectivity index (χ1v) is 18.5. The SMILES string of the molecule is Cc1cc(CO[C@H]2C[C@H](c3cc4c(C)nc5c(F)c(-c6cccc(Cl)c6Cl)c(CCC#N)cc5c4n3[C@H]3[C@H]4CN[C@@H]3C4)N(C(=O)C3CC3)C2)no1. The zero-order valence-electron chi connectivity index (χ0n) is 28.4. The number of ether oxygens (including phenoxy) is 1. The van der Waals surface area contributed by atoms with Crippen LogP contribution in [0.3, 0.4) is 0 Å². The molecule has 3 saturated heterocycles. The number of benzene rings is 2. The van der Waals surface area contributed by atoms with E-state index >= 15 is 4.39 Å². The Morgan fingerprint density at radius 3 is 2.73 bits per heavy atom. The Bertz CT molecular complexity index is 2260. The molecule has 2 bridgehead atoms. The molecule has 0 spiro atoms. The van der Waals surface area contributed by atoms with Crippen molar-refractivity contribution in [2.45, 2.75) is 83.2 Å². The lowest BCUT2D eigenvalue weighted by Crippen LogP contribution is -2.41. The third-order valence-corrected chi connectivity index (χ3v) is 12.2. The zero-order chi connectivity index (χ0) is 35.1. The average molecular weight is 728 g/mol. The number of carbonyl (C=O) groups is 1. The third-order valence-electron chi connectivity index (χ3n) is 11.4. The Morgan fingerprint density at radius 1 is 1.18 bits per heavy atom. The van der Waals surface area contributed by atoms with Crippen molar-refractivity contribution in [1.29, 1.82) is 5.26 Å². The van der Waals surface area contributed by atoms with Crippen LogP contribution >= 0.6 is 23.2 Å². The van der Waals surface area contributed by atoms with Gasteiger partial charge in [-0.25, -0.2) is 9.37 Å². The number of hydrogen-bond donors (Lipinski definition) is 1. The van der Waals surface area contributed by atoms with Crippen LogP contribution < -0.4 is 5.32 Å². The summed E-state index contributed by atoms with van der Waals surface area (Å²) < 4.78 is 31.2. The maximum absolute atomic E-state index is 17.2. The molecule has 3 aliphatic heterocycles. The summed E-state index contributed by atoms with van der Waals surface area (Å²) in [6.07, 6.45) is 3.86. The molecule has 1 N–H and O–H groups in total. The second-order valence-electron chi connectivity index (χ2n) is 14.7. The first kappa shape index (κ1) is 32.9. The number of hydrogen-bond acceptors (Lipinski definition) is 7. The normalized spacial score (nSPS) is 24.1. The monoisotopic (exact) mass is 726 g/mol. The minimum Gasteiger partial charge on any atom is -0.370 e. The summed E-state index contributed by atoms with van der Waals surface area (Å²) in [7, 11) is 0.